The molecule has 0 bridgehead atoms. The molecule has 1 aromatic carbocycles. The second-order valence-corrected chi connectivity index (χ2v) is 4.97. The van der Waals surface area contributed by atoms with Gasteiger partial charge in [-0.2, -0.15) is 5.10 Å². The SMILES string of the molecule is COc1ccc(C)cc1CC(N)c1cn(C)nc1C. The van der Waals surface area contributed by atoms with Crippen LogP contribution in [0.25, 0.3) is 0 Å². The number of nitrogens with two attached hydrogens (primary N) is 1. The van der Waals surface area contributed by atoms with E-state index in [9.17, 15) is 0 Å². The number of aryl methyl sites for hydroxylation is 3. The first kappa shape index (κ1) is 13.6. The molecule has 4 heteroatoms. The van der Waals surface area contributed by atoms with Crippen LogP contribution in [0.4, 0.5) is 0 Å². The van der Waals surface area contributed by atoms with Crippen molar-refractivity contribution in [2.45, 2.75) is 26.3 Å². The van der Waals surface area contributed by atoms with Crippen molar-refractivity contribution in [1.82, 2.24) is 9.78 Å². The van der Waals surface area contributed by atoms with Gasteiger partial charge in [0.25, 0.3) is 0 Å². The van der Waals surface area contributed by atoms with E-state index in [1.54, 1.807) is 11.8 Å². The molecule has 19 heavy (non-hydrogen) atoms. The molecule has 0 saturated heterocycles. The van der Waals surface area contributed by atoms with Gasteiger partial charge in [-0.1, -0.05) is 17.7 Å². The van der Waals surface area contributed by atoms with Crippen LogP contribution in [0.2, 0.25) is 0 Å². The Balaban J connectivity index is 2.25. The summed E-state index contributed by atoms with van der Waals surface area (Å²) >= 11 is 0. The van der Waals surface area contributed by atoms with E-state index < -0.39 is 0 Å². The van der Waals surface area contributed by atoms with E-state index in [1.807, 2.05) is 32.3 Å². The largest absolute Gasteiger partial charge is 0.496 e. The number of nitrogens with zero attached hydrogens (tertiary/aromatic N) is 2. The van der Waals surface area contributed by atoms with Gasteiger partial charge in [-0.05, 0) is 31.9 Å². The van der Waals surface area contributed by atoms with E-state index in [2.05, 4.69) is 18.1 Å². The predicted octanol–water partition coefficient (Wildman–Crippen LogP) is 2.29. The lowest BCUT2D eigenvalue weighted by molar-refractivity contribution is 0.408. The third-order valence-corrected chi connectivity index (χ3v) is 3.33. The highest BCUT2D eigenvalue weighted by Crippen LogP contribution is 2.25. The number of rotatable bonds is 4. The molecule has 0 aliphatic rings. The van der Waals surface area contributed by atoms with E-state index in [-0.39, 0.29) is 6.04 Å². The quantitative estimate of drug-likeness (QED) is 0.916. The Bertz CT molecular complexity index is 575. The Morgan fingerprint density at radius 3 is 2.68 bits per heavy atom. The van der Waals surface area contributed by atoms with Gasteiger partial charge >= 0.3 is 0 Å². The Morgan fingerprint density at radius 2 is 2.11 bits per heavy atom. The summed E-state index contributed by atoms with van der Waals surface area (Å²) in [6.45, 7) is 4.06. The minimum Gasteiger partial charge on any atom is -0.496 e. The molecule has 2 N–H and O–H groups in total. The summed E-state index contributed by atoms with van der Waals surface area (Å²) in [5.41, 5.74) is 10.7. The number of aromatic nitrogens is 2. The molecule has 1 unspecified atom stereocenters. The van der Waals surface area contributed by atoms with Crippen molar-refractivity contribution in [2.75, 3.05) is 7.11 Å². The Hall–Kier alpha value is -1.81. The number of hydrogen-bond donors (Lipinski definition) is 1. The maximum absolute atomic E-state index is 6.31. The molecule has 0 amide bonds. The van der Waals surface area contributed by atoms with Gasteiger partial charge < -0.3 is 10.5 Å². The van der Waals surface area contributed by atoms with Crippen LogP contribution < -0.4 is 10.5 Å². The molecule has 1 atom stereocenters. The van der Waals surface area contributed by atoms with Crippen LogP contribution in [0.3, 0.4) is 0 Å². The van der Waals surface area contributed by atoms with Crippen molar-refractivity contribution >= 4 is 0 Å². The van der Waals surface area contributed by atoms with Crippen LogP contribution >= 0.6 is 0 Å². The molecule has 1 heterocycles. The monoisotopic (exact) mass is 259 g/mol. The highest BCUT2D eigenvalue weighted by molar-refractivity contribution is 5.38. The normalized spacial score (nSPS) is 12.5. The first-order valence-electron chi connectivity index (χ1n) is 6.40. The summed E-state index contributed by atoms with van der Waals surface area (Å²) in [4.78, 5) is 0. The number of benzene rings is 1. The minimum absolute atomic E-state index is 0.0654. The van der Waals surface area contributed by atoms with E-state index in [0.29, 0.717) is 0 Å². The van der Waals surface area contributed by atoms with Crippen molar-refractivity contribution < 1.29 is 4.74 Å². The van der Waals surface area contributed by atoms with Gasteiger partial charge in [0.05, 0.1) is 12.8 Å². The average Bonchev–Trinajstić information content (AvgIpc) is 2.69. The molecular weight excluding hydrogens is 238 g/mol. The van der Waals surface area contributed by atoms with E-state index in [0.717, 1.165) is 29.0 Å². The Labute approximate surface area is 114 Å². The molecule has 0 aliphatic heterocycles. The fourth-order valence-corrected chi connectivity index (χ4v) is 2.40. The Kier molecular flexibility index (Phi) is 3.90. The lowest BCUT2D eigenvalue weighted by atomic mass is 9.98. The van der Waals surface area contributed by atoms with Gasteiger partial charge in [0.1, 0.15) is 5.75 Å². The fraction of sp³-hybridized carbons (Fsp3) is 0.400. The smallest absolute Gasteiger partial charge is 0.122 e. The van der Waals surface area contributed by atoms with E-state index in [1.165, 1.54) is 5.56 Å². The summed E-state index contributed by atoms with van der Waals surface area (Å²) in [6.07, 6.45) is 2.74. The first-order chi connectivity index (χ1) is 9.01. The van der Waals surface area contributed by atoms with Gasteiger partial charge in [0, 0.05) is 24.8 Å². The first-order valence-corrected chi connectivity index (χ1v) is 6.40. The number of hydrogen-bond acceptors (Lipinski definition) is 3. The second kappa shape index (κ2) is 5.45. The van der Waals surface area contributed by atoms with Gasteiger partial charge in [-0.25, -0.2) is 0 Å². The van der Waals surface area contributed by atoms with Crippen LogP contribution in [-0.2, 0) is 13.5 Å². The molecule has 1 aromatic heterocycles. The topological polar surface area (TPSA) is 53.1 Å². The zero-order valence-electron chi connectivity index (χ0n) is 12.0. The number of methoxy groups -OCH3 is 1. The highest BCUT2D eigenvalue weighted by atomic mass is 16.5. The van der Waals surface area contributed by atoms with Gasteiger partial charge in [0.2, 0.25) is 0 Å². The fourth-order valence-electron chi connectivity index (χ4n) is 2.40. The number of ether oxygens (including phenoxy) is 1. The van der Waals surface area contributed by atoms with Gasteiger partial charge in [0.15, 0.2) is 0 Å². The lowest BCUT2D eigenvalue weighted by Crippen LogP contribution is -2.14. The molecule has 2 aromatic rings. The molecule has 0 saturated carbocycles. The summed E-state index contributed by atoms with van der Waals surface area (Å²) in [7, 11) is 3.60. The summed E-state index contributed by atoms with van der Waals surface area (Å²) < 4.78 is 7.20. The third-order valence-electron chi connectivity index (χ3n) is 3.33. The molecule has 0 spiro atoms. The maximum Gasteiger partial charge on any atom is 0.122 e. The van der Waals surface area contributed by atoms with Gasteiger partial charge in [-0.3, -0.25) is 4.68 Å². The lowest BCUT2D eigenvalue weighted by Gasteiger charge is -2.14. The van der Waals surface area contributed by atoms with Crippen molar-refractivity contribution in [3.63, 3.8) is 0 Å². The molecule has 0 radical (unpaired) electrons. The standard InChI is InChI=1S/C15H21N3O/c1-10-5-6-15(19-4)12(7-10)8-14(16)13-9-18(3)17-11(13)2/h5-7,9,14H,8,16H2,1-4H3. The van der Waals surface area contributed by atoms with Crippen LogP contribution in [0, 0.1) is 13.8 Å². The highest BCUT2D eigenvalue weighted by Gasteiger charge is 2.15. The zero-order valence-corrected chi connectivity index (χ0v) is 12.0. The summed E-state index contributed by atoms with van der Waals surface area (Å²) in [6, 6.07) is 6.10. The minimum atomic E-state index is -0.0654. The third kappa shape index (κ3) is 2.96. The molecular formula is C15H21N3O. The van der Waals surface area contributed by atoms with Crippen LogP contribution in [0.5, 0.6) is 5.75 Å². The Morgan fingerprint density at radius 1 is 1.37 bits per heavy atom. The van der Waals surface area contributed by atoms with E-state index >= 15 is 0 Å². The molecule has 2 rings (SSSR count). The van der Waals surface area contributed by atoms with Gasteiger partial charge in [-0.15, -0.1) is 0 Å². The molecule has 4 nitrogen and oxygen atoms in total. The van der Waals surface area contributed by atoms with Crippen molar-refractivity contribution in [2.24, 2.45) is 12.8 Å². The van der Waals surface area contributed by atoms with Crippen LogP contribution in [0.1, 0.15) is 28.4 Å². The van der Waals surface area contributed by atoms with Crippen molar-refractivity contribution in [1.29, 1.82) is 0 Å². The van der Waals surface area contributed by atoms with Crippen LogP contribution in [-0.4, -0.2) is 16.9 Å². The molecule has 102 valence electrons. The second-order valence-electron chi connectivity index (χ2n) is 4.97. The van der Waals surface area contributed by atoms with Crippen LogP contribution in [0.15, 0.2) is 24.4 Å². The maximum atomic E-state index is 6.31. The average molecular weight is 259 g/mol. The van der Waals surface area contributed by atoms with Crippen molar-refractivity contribution in [3.05, 3.63) is 46.8 Å². The van der Waals surface area contributed by atoms with E-state index in [4.69, 9.17) is 10.5 Å². The molecule has 0 fully saturated rings. The summed E-state index contributed by atoms with van der Waals surface area (Å²) in [5, 5.41) is 4.34. The molecule has 0 aliphatic carbocycles. The zero-order chi connectivity index (χ0) is 14.0. The summed E-state index contributed by atoms with van der Waals surface area (Å²) in [5.74, 6) is 0.891. The predicted molar refractivity (Wildman–Crippen MR) is 76.3 cm³/mol. The van der Waals surface area contributed by atoms with Crippen molar-refractivity contribution in [3.8, 4) is 5.75 Å².